The zero-order valence-electron chi connectivity index (χ0n) is 16.1. The van der Waals surface area contributed by atoms with Crippen LogP contribution in [0.3, 0.4) is 0 Å². The second kappa shape index (κ2) is 7.70. The molecule has 0 aliphatic heterocycles. The molecule has 0 radical (unpaired) electrons. The first-order chi connectivity index (χ1) is 15.3. The summed E-state index contributed by atoms with van der Waals surface area (Å²) in [6.07, 6.45) is 1.56. The largest absolute Gasteiger partial charge is 0.478 e. The maximum absolute atomic E-state index is 11.9. The molecule has 0 amide bonds. The van der Waals surface area contributed by atoms with E-state index in [9.17, 15) is 20.0 Å². The number of aryl methyl sites for hydroxylation is 2. The molecular weight excluding hydrogens is 475 g/mol. The number of thiazole rings is 1. The summed E-state index contributed by atoms with van der Waals surface area (Å²) in [5.74, 6) is -1.20. The van der Waals surface area contributed by atoms with Crippen molar-refractivity contribution in [2.75, 3.05) is 5.32 Å². The van der Waals surface area contributed by atoms with Gasteiger partial charge in [0.25, 0.3) is 5.69 Å². The first kappa shape index (κ1) is 20.6. The second-order valence-corrected chi connectivity index (χ2v) is 9.03. The van der Waals surface area contributed by atoms with Crippen molar-refractivity contribution in [3.05, 3.63) is 72.6 Å². The number of nitro benzene ring substituents is 1. The van der Waals surface area contributed by atoms with E-state index in [1.54, 1.807) is 12.1 Å². The lowest BCUT2D eigenvalue weighted by Crippen LogP contribution is -2.06. The lowest BCUT2D eigenvalue weighted by atomic mass is 9.93. The third kappa shape index (κ3) is 3.44. The Labute approximate surface area is 194 Å². The van der Waals surface area contributed by atoms with Crippen LogP contribution in [-0.2, 0) is 12.8 Å². The fraction of sp³-hybridized carbons (Fsp3) is 0.0952. The van der Waals surface area contributed by atoms with Crippen molar-refractivity contribution < 1.29 is 14.8 Å². The van der Waals surface area contributed by atoms with E-state index in [0.29, 0.717) is 20.7 Å². The number of aromatic nitrogens is 2. The topological polar surface area (TPSA) is 118 Å². The van der Waals surface area contributed by atoms with Crippen LogP contribution in [0, 0.1) is 10.1 Å². The molecule has 0 bridgehead atoms. The number of fused-ring (bicyclic) bond motifs is 4. The molecule has 1 aliphatic rings. The second-order valence-electron chi connectivity index (χ2n) is 7.13. The summed E-state index contributed by atoms with van der Waals surface area (Å²) < 4.78 is 0. The Morgan fingerprint density at radius 2 is 1.94 bits per heavy atom. The molecule has 0 fully saturated rings. The van der Waals surface area contributed by atoms with E-state index in [-0.39, 0.29) is 22.5 Å². The highest BCUT2D eigenvalue weighted by molar-refractivity contribution is 7.16. The summed E-state index contributed by atoms with van der Waals surface area (Å²) in [5, 5.41) is 25.5. The Kier molecular flexibility index (Phi) is 4.96. The number of anilines is 2. The Morgan fingerprint density at radius 1 is 1.16 bits per heavy atom. The summed E-state index contributed by atoms with van der Waals surface area (Å²) >= 11 is 13.7. The van der Waals surface area contributed by atoms with Crippen molar-refractivity contribution in [3.63, 3.8) is 0 Å². The van der Waals surface area contributed by atoms with Crippen LogP contribution < -0.4 is 5.32 Å². The van der Waals surface area contributed by atoms with E-state index in [1.165, 1.54) is 29.5 Å². The lowest BCUT2D eigenvalue weighted by Gasteiger charge is -2.15. The van der Waals surface area contributed by atoms with Crippen LogP contribution in [0.2, 0.25) is 10.0 Å². The van der Waals surface area contributed by atoms with Crippen molar-refractivity contribution >= 4 is 68.0 Å². The third-order valence-corrected chi connectivity index (χ3v) is 6.96. The number of aromatic carboxylic acids is 1. The van der Waals surface area contributed by atoms with Crippen molar-refractivity contribution in [2.45, 2.75) is 12.8 Å². The normalized spacial score (nSPS) is 12.3. The molecule has 0 spiro atoms. The number of hydrogen-bond donors (Lipinski definition) is 2. The smallest absolute Gasteiger partial charge is 0.339 e. The number of pyridine rings is 1. The number of nitrogens with zero attached hydrogens (tertiary/aromatic N) is 3. The van der Waals surface area contributed by atoms with Gasteiger partial charge in [0.15, 0.2) is 5.13 Å². The summed E-state index contributed by atoms with van der Waals surface area (Å²) in [6.45, 7) is 0. The summed E-state index contributed by atoms with van der Waals surface area (Å²) in [7, 11) is 0. The van der Waals surface area contributed by atoms with E-state index in [1.807, 2.05) is 6.07 Å². The Balaban J connectivity index is 1.59. The number of nitro groups is 1. The molecule has 32 heavy (non-hydrogen) atoms. The van der Waals surface area contributed by atoms with Crippen LogP contribution in [0.15, 0.2) is 36.4 Å². The van der Waals surface area contributed by atoms with Crippen LogP contribution in [0.4, 0.5) is 16.6 Å². The number of hydrogen-bond acceptors (Lipinski definition) is 7. The van der Waals surface area contributed by atoms with Gasteiger partial charge in [-0.05, 0) is 42.7 Å². The molecule has 2 aromatic carbocycles. The first-order valence-corrected chi connectivity index (χ1v) is 11.0. The fourth-order valence-electron chi connectivity index (χ4n) is 3.75. The Morgan fingerprint density at radius 3 is 2.69 bits per heavy atom. The van der Waals surface area contributed by atoms with E-state index >= 15 is 0 Å². The molecule has 2 N–H and O–H groups in total. The van der Waals surface area contributed by atoms with Gasteiger partial charge >= 0.3 is 5.97 Å². The SMILES string of the molecule is O=C(O)c1cc2c([N+](=O)[O-])cccc2nc1Nc1nc2c(s1)CCc1cc(Cl)c(Cl)cc1-2. The number of carbonyl (C=O) groups is 1. The van der Waals surface area contributed by atoms with Gasteiger partial charge < -0.3 is 10.4 Å². The van der Waals surface area contributed by atoms with Gasteiger partial charge in [-0.25, -0.2) is 14.8 Å². The van der Waals surface area contributed by atoms with Crippen LogP contribution in [0.25, 0.3) is 22.2 Å². The third-order valence-electron chi connectivity index (χ3n) is 5.21. The van der Waals surface area contributed by atoms with Gasteiger partial charge in [0.05, 0.1) is 31.6 Å². The van der Waals surface area contributed by atoms with Gasteiger partial charge in [0.1, 0.15) is 11.4 Å². The molecular formula is C21H12Cl2N4O4S. The molecule has 0 saturated heterocycles. The van der Waals surface area contributed by atoms with E-state index in [4.69, 9.17) is 23.2 Å². The van der Waals surface area contributed by atoms with Gasteiger partial charge in [0.2, 0.25) is 0 Å². The molecule has 4 aromatic rings. The number of non-ortho nitro benzene ring substituents is 1. The molecule has 0 atom stereocenters. The van der Waals surface area contributed by atoms with Crippen molar-refractivity contribution in [3.8, 4) is 11.3 Å². The minimum atomic E-state index is -1.26. The summed E-state index contributed by atoms with van der Waals surface area (Å²) in [5.41, 5.74) is 2.62. The number of carboxylic acid groups (broad SMARTS) is 1. The van der Waals surface area contributed by atoms with E-state index in [0.717, 1.165) is 34.5 Å². The Bertz CT molecular complexity index is 1450. The van der Waals surface area contributed by atoms with Crippen LogP contribution in [0.5, 0.6) is 0 Å². The van der Waals surface area contributed by atoms with Crippen molar-refractivity contribution in [1.82, 2.24) is 9.97 Å². The maximum Gasteiger partial charge on any atom is 0.339 e. The van der Waals surface area contributed by atoms with Gasteiger partial charge in [-0.2, -0.15) is 0 Å². The molecule has 8 nitrogen and oxygen atoms in total. The van der Waals surface area contributed by atoms with Crippen molar-refractivity contribution in [2.24, 2.45) is 0 Å². The highest BCUT2D eigenvalue weighted by Crippen LogP contribution is 2.42. The summed E-state index contributed by atoms with van der Waals surface area (Å²) in [4.78, 5) is 32.7. The molecule has 0 saturated carbocycles. The first-order valence-electron chi connectivity index (χ1n) is 9.38. The zero-order valence-corrected chi connectivity index (χ0v) is 18.4. The maximum atomic E-state index is 11.9. The molecule has 2 heterocycles. The highest BCUT2D eigenvalue weighted by Gasteiger charge is 2.24. The zero-order chi connectivity index (χ0) is 22.6. The molecule has 11 heteroatoms. The Hall–Kier alpha value is -3.27. The molecule has 1 aliphatic carbocycles. The van der Waals surface area contributed by atoms with Gasteiger partial charge in [-0.15, -0.1) is 11.3 Å². The van der Waals surface area contributed by atoms with Crippen molar-refractivity contribution in [1.29, 1.82) is 0 Å². The quantitative estimate of drug-likeness (QED) is 0.263. The highest BCUT2D eigenvalue weighted by atomic mass is 35.5. The standard InChI is InChI=1S/C21H12Cl2N4O4S/c22-13-6-9-4-5-17-18(10(9)8-14(13)23)25-21(32-17)26-19-12(20(28)29)7-11-15(24-19)2-1-3-16(11)27(30)31/h1-3,6-8H,4-5H2,(H,28,29)(H,24,25,26). The van der Waals surface area contributed by atoms with Gasteiger partial charge in [-0.1, -0.05) is 29.3 Å². The van der Waals surface area contributed by atoms with Crippen LogP contribution >= 0.6 is 34.5 Å². The van der Waals surface area contributed by atoms with Gasteiger partial charge in [0, 0.05) is 16.5 Å². The molecule has 2 aromatic heterocycles. The fourth-order valence-corrected chi connectivity index (χ4v) is 5.07. The number of rotatable bonds is 4. The molecule has 5 rings (SSSR count). The number of halogens is 2. The minimum Gasteiger partial charge on any atom is -0.478 e. The average molecular weight is 487 g/mol. The average Bonchev–Trinajstić information content (AvgIpc) is 3.16. The number of nitrogens with one attached hydrogen (secondary N) is 1. The monoisotopic (exact) mass is 486 g/mol. The molecule has 160 valence electrons. The minimum absolute atomic E-state index is 0.0611. The van der Waals surface area contributed by atoms with E-state index in [2.05, 4.69) is 15.3 Å². The van der Waals surface area contributed by atoms with E-state index < -0.39 is 10.9 Å². The predicted octanol–water partition coefficient (Wildman–Crippen LogP) is 6.11. The number of carboxylic acids is 1. The van der Waals surface area contributed by atoms with Crippen LogP contribution in [0.1, 0.15) is 20.8 Å². The number of benzene rings is 2. The lowest BCUT2D eigenvalue weighted by molar-refractivity contribution is -0.383. The molecule has 0 unspecified atom stereocenters. The summed E-state index contributed by atoms with van der Waals surface area (Å²) in [6, 6.07) is 9.30. The van der Waals surface area contributed by atoms with Gasteiger partial charge in [-0.3, -0.25) is 10.1 Å². The predicted molar refractivity (Wildman–Crippen MR) is 124 cm³/mol. The van der Waals surface area contributed by atoms with Crippen LogP contribution in [-0.4, -0.2) is 26.0 Å².